The van der Waals surface area contributed by atoms with E-state index < -0.39 is 10.0 Å². The fraction of sp³-hybridized carbons (Fsp3) is 0.588. The van der Waals surface area contributed by atoms with Crippen LogP contribution in [0.3, 0.4) is 0 Å². The number of sulfonamides is 1. The van der Waals surface area contributed by atoms with Gasteiger partial charge in [0.1, 0.15) is 0 Å². The Balaban J connectivity index is 1.82. The van der Waals surface area contributed by atoms with E-state index in [4.69, 9.17) is 4.74 Å². The minimum Gasteiger partial charge on any atom is -0.385 e. The maximum atomic E-state index is 12.4. The monoisotopic (exact) mass is 354 g/mol. The quantitative estimate of drug-likeness (QED) is 0.683. The third-order valence-corrected chi connectivity index (χ3v) is 6.03. The molecule has 0 bridgehead atoms. The van der Waals surface area contributed by atoms with Gasteiger partial charge in [0.25, 0.3) is 0 Å². The summed E-state index contributed by atoms with van der Waals surface area (Å²) in [6.45, 7) is 2.45. The Morgan fingerprint density at radius 2 is 1.88 bits per heavy atom. The van der Waals surface area contributed by atoms with Crippen molar-refractivity contribution in [2.75, 3.05) is 33.4 Å². The van der Waals surface area contributed by atoms with Gasteiger partial charge in [-0.1, -0.05) is 12.1 Å². The van der Waals surface area contributed by atoms with Gasteiger partial charge in [-0.05, 0) is 43.4 Å². The molecule has 0 spiro atoms. The van der Waals surface area contributed by atoms with Gasteiger partial charge >= 0.3 is 0 Å². The van der Waals surface area contributed by atoms with Crippen molar-refractivity contribution in [1.29, 1.82) is 0 Å². The topological polar surface area (TPSA) is 75.7 Å². The zero-order valence-corrected chi connectivity index (χ0v) is 15.0. The molecule has 1 fully saturated rings. The highest BCUT2D eigenvalue weighted by Crippen LogP contribution is 2.21. The highest BCUT2D eigenvalue weighted by molar-refractivity contribution is 7.89. The molecule has 0 atom stereocenters. The fourth-order valence-electron chi connectivity index (χ4n) is 2.70. The fourth-order valence-corrected chi connectivity index (χ4v) is 4.21. The number of ether oxygens (including phenoxy) is 1. The Hall–Kier alpha value is -1.44. The van der Waals surface area contributed by atoms with E-state index in [1.54, 1.807) is 31.4 Å². The van der Waals surface area contributed by atoms with Crippen molar-refractivity contribution in [3.8, 4) is 0 Å². The van der Waals surface area contributed by atoms with E-state index in [9.17, 15) is 13.2 Å². The summed E-state index contributed by atoms with van der Waals surface area (Å²) in [7, 11) is -1.73. The Morgan fingerprint density at radius 3 is 2.50 bits per heavy atom. The maximum absolute atomic E-state index is 12.4. The predicted octanol–water partition coefficient (Wildman–Crippen LogP) is 1.56. The number of carbonyl (C=O) groups is 1. The number of rotatable bonds is 9. The molecule has 0 radical (unpaired) electrons. The lowest BCUT2D eigenvalue weighted by Gasteiger charge is -2.15. The first-order chi connectivity index (χ1) is 11.5. The number of hydrogen-bond donors (Lipinski definition) is 1. The molecule has 1 heterocycles. The molecule has 134 valence electrons. The summed E-state index contributed by atoms with van der Waals surface area (Å²) >= 11 is 0. The molecule has 1 amide bonds. The van der Waals surface area contributed by atoms with Crippen LogP contribution >= 0.6 is 0 Å². The van der Waals surface area contributed by atoms with E-state index in [1.807, 2.05) is 0 Å². The summed E-state index contributed by atoms with van der Waals surface area (Å²) in [6, 6.07) is 6.86. The molecule has 1 N–H and O–H groups in total. The first kappa shape index (κ1) is 18.9. The van der Waals surface area contributed by atoms with Crippen molar-refractivity contribution in [3.05, 3.63) is 29.8 Å². The number of hydrogen-bond acceptors (Lipinski definition) is 4. The zero-order chi connectivity index (χ0) is 17.4. The van der Waals surface area contributed by atoms with Gasteiger partial charge < -0.3 is 10.1 Å². The number of methoxy groups -OCH3 is 1. The number of aryl methyl sites for hydroxylation is 1. The van der Waals surface area contributed by atoms with Crippen LogP contribution in [0.1, 0.15) is 31.2 Å². The van der Waals surface area contributed by atoms with Gasteiger partial charge in [-0.2, -0.15) is 4.31 Å². The van der Waals surface area contributed by atoms with Gasteiger partial charge in [-0.3, -0.25) is 4.79 Å². The number of amides is 1. The van der Waals surface area contributed by atoms with Gasteiger partial charge in [0.2, 0.25) is 15.9 Å². The molecule has 24 heavy (non-hydrogen) atoms. The standard InChI is InChI=1S/C17H26N2O4S/c1-23-14-4-11-18-17(20)10-7-15-5-8-16(9-6-15)24(21,22)19-12-2-3-13-19/h5-6,8-9H,2-4,7,10-14H2,1H3,(H,18,20). The van der Waals surface area contributed by atoms with Crippen LogP contribution in [0.5, 0.6) is 0 Å². The molecule has 0 unspecified atom stereocenters. The highest BCUT2D eigenvalue weighted by Gasteiger charge is 2.26. The van der Waals surface area contributed by atoms with Crippen molar-refractivity contribution < 1.29 is 17.9 Å². The second-order valence-corrected chi connectivity index (χ2v) is 7.89. The number of nitrogens with zero attached hydrogens (tertiary/aromatic N) is 1. The molecule has 7 heteroatoms. The SMILES string of the molecule is COCCCNC(=O)CCc1ccc(S(=O)(=O)N2CCCC2)cc1. The van der Waals surface area contributed by atoms with Crippen LogP contribution < -0.4 is 5.32 Å². The molecular formula is C17H26N2O4S. The summed E-state index contributed by atoms with van der Waals surface area (Å²) in [5.41, 5.74) is 0.961. The van der Waals surface area contributed by atoms with Crippen molar-refractivity contribution in [1.82, 2.24) is 9.62 Å². The summed E-state index contributed by atoms with van der Waals surface area (Å²) in [5, 5.41) is 2.84. The van der Waals surface area contributed by atoms with E-state index in [0.29, 0.717) is 44.0 Å². The molecule has 6 nitrogen and oxygen atoms in total. The first-order valence-corrected chi connectivity index (χ1v) is 9.83. The third-order valence-electron chi connectivity index (χ3n) is 4.11. The Bertz CT molecular complexity index is 622. The molecule has 1 aliphatic heterocycles. The van der Waals surface area contributed by atoms with Crippen molar-refractivity contribution >= 4 is 15.9 Å². The van der Waals surface area contributed by atoms with Gasteiger partial charge in [-0.15, -0.1) is 0 Å². The highest BCUT2D eigenvalue weighted by atomic mass is 32.2. The van der Waals surface area contributed by atoms with Gasteiger partial charge in [0, 0.05) is 39.8 Å². The van der Waals surface area contributed by atoms with Crippen molar-refractivity contribution in [2.24, 2.45) is 0 Å². The number of nitrogens with one attached hydrogen (secondary N) is 1. The predicted molar refractivity (Wildman–Crippen MR) is 92.3 cm³/mol. The second-order valence-electron chi connectivity index (χ2n) is 5.95. The van der Waals surface area contributed by atoms with Crippen molar-refractivity contribution in [3.63, 3.8) is 0 Å². The second kappa shape index (κ2) is 9.15. The van der Waals surface area contributed by atoms with Crippen molar-refractivity contribution in [2.45, 2.75) is 37.0 Å². The normalized spacial score (nSPS) is 15.5. The van der Waals surface area contributed by atoms with E-state index in [-0.39, 0.29) is 5.91 Å². The van der Waals surface area contributed by atoms with Gasteiger partial charge in [0.15, 0.2) is 0 Å². The molecule has 1 aromatic carbocycles. The van der Waals surface area contributed by atoms with E-state index in [0.717, 1.165) is 24.8 Å². The molecule has 1 aromatic rings. The summed E-state index contributed by atoms with van der Waals surface area (Å²) in [4.78, 5) is 12.1. The lowest BCUT2D eigenvalue weighted by molar-refractivity contribution is -0.121. The molecule has 0 aliphatic carbocycles. The average molecular weight is 354 g/mol. The third kappa shape index (κ3) is 5.29. The summed E-state index contributed by atoms with van der Waals surface area (Å²) < 4.78 is 31.3. The Labute approximate surface area is 144 Å². The van der Waals surface area contributed by atoms with Crippen LogP contribution in [-0.4, -0.2) is 52.0 Å². The van der Waals surface area contributed by atoms with Crippen LogP contribution in [0.25, 0.3) is 0 Å². The van der Waals surface area contributed by atoms with Gasteiger partial charge in [-0.25, -0.2) is 8.42 Å². The number of benzene rings is 1. The largest absolute Gasteiger partial charge is 0.385 e. The minimum atomic E-state index is -3.36. The molecule has 0 aromatic heterocycles. The maximum Gasteiger partial charge on any atom is 0.243 e. The van der Waals surface area contributed by atoms with Crippen LogP contribution in [0, 0.1) is 0 Å². The smallest absolute Gasteiger partial charge is 0.243 e. The Kier molecular flexibility index (Phi) is 7.20. The van der Waals surface area contributed by atoms with E-state index >= 15 is 0 Å². The lowest BCUT2D eigenvalue weighted by atomic mass is 10.1. The molecular weight excluding hydrogens is 328 g/mol. The van der Waals surface area contributed by atoms with Crippen LogP contribution in [0.15, 0.2) is 29.2 Å². The number of carbonyl (C=O) groups excluding carboxylic acids is 1. The molecule has 2 rings (SSSR count). The van der Waals surface area contributed by atoms with Crippen LogP contribution in [-0.2, 0) is 26.0 Å². The molecule has 1 saturated heterocycles. The lowest BCUT2D eigenvalue weighted by Crippen LogP contribution is -2.27. The van der Waals surface area contributed by atoms with Crippen LogP contribution in [0.4, 0.5) is 0 Å². The minimum absolute atomic E-state index is 0.000122. The molecule has 0 saturated carbocycles. The van der Waals surface area contributed by atoms with Gasteiger partial charge in [0.05, 0.1) is 4.90 Å². The average Bonchev–Trinajstić information content (AvgIpc) is 3.13. The van der Waals surface area contributed by atoms with Crippen LogP contribution in [0.2, 0.25) is 0 Å². The first-order valence-electron chi connectivity index (χ1n) is 8.39. The summed E-state index contributed by atoms with van der Waals surface area (Å²) in [6.07, 6.45) is 3.64. The summed E-state index contributed by atoms with van der Waals surface area (Å²) in [5.74, 6) is -0.000122. The molecule has 1 aliphatic rings. The van der Waals surface area contributed by atoms with E-state index in [2.05, 4.69) is 5.32 Å². The van der Waals surface area contributed by atoms with E-state index in [1.165, 1.54) is 4.31 Å². The Morgan fingerprint density at radius 1 is 1.21 bits per heavy atom. The zero-order valence-electron chi connectivity index (χ0n) is 14.2.